The van der Waals surface area contributed by atoms with Gasteiger partial charge >= 0.3 is 6.18 Å². The highest BCUT2D eigenvalue weighted by molar-refractivity contribution is 5.94. The summed E-state index contributed by atoms with van der Waals surface area (Å²) in [5.41, 5.74) is -0.286. The molecule has 1 N–H and O–H groups in total. The zero-order chi connectivity index (χ0) is 14.8. The second-order valence-corrected chi connectivity index (χ2v) is 4.87. The molecule has 0 aliphatic heterocycles. The topological polar surface area (TPSA) is 42.0 Å². The molecule has 2 rings (SSSR count). The van der Waals surface area contributed by atoms with E-state index in [0.29, 0.717) is 12.8 Å². The minimum Gasteiger partial charge on any atom is -0.349 e. The van der Waals surface area contributed by atoms with E-state index in [9.17, 15) is 22.4 Å². The van der Waals surface area contributed by atoms with E-state index >= 15 is 0 Å². The second-order valence-electron chi connectivity index (χ2n) is 4.87. The molecule has 2 unspecified atom stereocenters. The molecule has 110 valence electrons. The Balaban J connectivity index is 2.11. The van der Waals surface area contributed by atoms with Crippen LogP contribution in [-0.2, 0) is 0 Å². The summed E-state index contributed by atoms with van der Waals surface area (Å²) in [7, 11) is 0. The largest absolute Gasteiger partial charge is 0.393 e. The van der Waals surface area contributed by atoms with Crippen molar-refractivity contribution in [1.82, 2.24) is 10.3 Å². The SMILES string of the molecule is O=C(NC1CCCCC1C(F)(F)F)c1ccncc1F. The molecule has 0 spiro atoms. The van der Waals surface area contributed by atoms with Gasteiger partial charge in [0.15, 0.2) is 5.82 Å². The van der Waals surface area contributed by atoms with E-state index in [4.69, 9.17) is 0 Å². The Hall–Kier alpha value is -1.66. The molecule has 0 saturated heterocycles. The summed E-state index contributed by atoms with van der Waals surface area (Å²) >= 11 is 0. The van der Waals surface area contributed by atoms with Crippen LogP contribution < -0.4 is 5.32 Å². The highest BCUT2D eigenvalue weighted by Crippen LogP contribution is 2.37. The fraction of sp³-hybridized carbons (Fsp3) is 0.538. The number of rotatable bonds is 2. The number of aromatic nitrogens is 1. The molecule has 0 radical (unpaired) electrons. The molecule has 2 atom stereocenters. The van der Waals surface area contributed by atoms with E-state index in [1.54, 1.807) is 0 Å². The number of nitrogens with zero attached hydrogens (tertiary/aromatic N) is 1. The van der Waals surface area contributed by atoms with Gasteiger partial charge in [0.2, 0.25) is 0 Å². The normalized spacial score (nSPS) is 23.4. The van der Waals surface area contributed by atoms with E-state index < -0.39 is 29.9 Å². The number of hydrogen-bond acceptors (Lipinski definition) is 2. The van der Waals surface area contributed by atoms with Crippen LogP contribution >= 0.6 is 0 Å². The van der Waals surface area contributed by atoms with Gasteiger partial charge in [-0.1, -0.05) is 12.8 Å². The van der Waals surface area contributed by atoms with Gasteiger partial charge in [-0.3, -0.25) is 9.78 Å². The Morgan fingerprint density at radius 1 is 1.30 bits per heavy atom. The molecule has 1 aliphatic carbocycles. The van der Waals surface area contributed by atoms with Crippen molar-refractivity contribution in [2.45, 2.75) is 37.9 Å². The fourth-order valence-electron chi connectivity index (χ4n) is 2.50. The summed E-state index contributed by atoms with van der Waals surface area (Å²) in [4.78, 5) is 15.4. The maximum Gasteiger partial charge on any atom is 0.393 e. The first-order valence-electron chi connectivity index (χ1n) is 6.36. The maximum absolute atomic E-state index is 13.4. The molecule has 7 heteroatoms. The van der Waals surface area contributed by atoms with Gasteiger partial charge in [0, 0.05) is 12.2 Å². The molecule has 1 amide bonds. The molecule has 1 fully saturated rings. The van der Waals surface area contributed by atoms with Gasteiger partial charge in [-0.15, -0.1) is 0 Å². The van der Waals surface area contributed by atoms with E-state index in [-0.39, 0.29) is 18.4 Å². The molecule has 0 bridgehead atoms. The maximum atomic E-state index is 13.4. The number of carbonyl (C=O) groups excluding carboxylic acids is 1. The van der Waals surface area contributed by atoms with E-state index in [2.05, 4.69) is 10.3 Å². The van der Waals surface area contributed by atoms with Gasteiger partial charge in [0.1, 0.15) is 0 Å². The third-order valence-corrected chi connectivity index (χ3v) is 3.52. The van der Waals surface area contributed by atoms with Crippen molar-refractivity contribution < 1.29 is 22.4 Å². The summed E-state index contributed by atoms with van der Waals surface area (Å²) in [6.45, 7) is 0. The smallest absolute Gasteiger partial charge is 0.349 e. The predicted molar refractivity (Wildman–Crippen MR) is 63.5 cm³/mol. The predicted octanol–water partition coefficient (Wildman–Crippen LogP) is 3.07. The van der Waals surface area contributed by atoms with Gasteiger partial charge in [-0.2, -0.15) is 13.2 Å². The lowest BCUT2D eigenvalue weighted by Crippen LogP contribution is -2.47. The summed E-state index contributed by atoms with van der Waals surface area (Å²) in [6.07, 6.45) is -0.918. The minimum atomic E-state index is -4.35. The van der Waals surface area contributed by atoms with Crippen molar-refractivity contribution in [1.29, 1.82) is 0 Å². The number of alkyl halides is 3. The van der Waals surface area contributed by atoms with Crippen LogP contribution in [0.1, 0.15) is 36.0 Å². The van der Waals surface area contributed by atoms with Crippen LogP contribution in [0.25, 0.3) is 0 Å². The van der Waals surface area contributed by atoms with Crippen molar-refractivity contribution in [3.63, 3.8) is 0 Å². The Bertz CT molecular complexity index is 490. The van der Waals surface area contributed by atoms with Crippen LogP contribution in [0.2, 0.25) is 0 Å². The summed E-state index contributed by atoms with van der Waals surface area (Å²) in [6, 6.07) is 0.152. The molecule has 0 aromatic carbocycles. The van der Waals surface area contributed by atoms with Crippen LogP contribution in [-0.4, -0.2) is 23.1 Å². The average molecular weight is 290 g/mol. The molecule has 1 aromatic heterocycles. The Kier molecular flexibility index (Phi) is 4.25. The summed E-state index contributed by atoms with van der Waals surface area (Å²) in [5, 5.41) is 2.31. The lowest BCUT2D eigenvalue weighted by Gasteiger charge is -2.33. The number of nitrogens with one attached hydrogen (secondary N) is 1. The van der Waals surface area contributed by atoms with Crippen LogP contribution in [0.4, 0.5) is 17.6 Å². The van der Waals surface area contributed by atoms with Gasteiger partial charge < -0.3 is 5.32 Å². The number of hydrogen-bond donors (Lipinski definition) is 1. The lowest BCUT2D eigenvalue weighted by molar-refractivity contribution is -0.187. The number of amides is 1. The molecule has 3 nitrogen and oxygen atoms in total. The fourth-order valence-corrected chi connectivity index (χ4v) is 2.50. The van der Waals surface area contributed by atoms with Gasteiger partial charge in [0.25, 0.3) is 5.91 Å². The minimum absolute atomic E-state index is 0.00667. The number of carbonyl (C=O) groups is 1. The third-order valence-electron chi connectivity index (χ3n) is 3.52. The van der Waals surface area contributed by atoms with Crippen molar-refractivity contribution in [3.05, 3.63) is 29.8 Å². The Morgan fingerprint density at radius 3 is 2.65 bits per heavy atom. The zero-order valence-corrected chi connectivity index (χ0v) is 10.6. The standard InChI is InChI=1S/C13H14F4N2O/c14-10-7-18-6-5-8(10)12(20)19-11-4-2-1-3-9(11)13(15,16)17/h5-7,9,11H,1-4H2,(H,19,20). The monoisotopic (exact) mass is 290 g/mol. The molecular weight excluding hydrogens is 276 g/mol. The highest BCUT2D eigenvalue weighted by atomic mass is 19.4. The Labute approximate surface area is 113 Å². The molecular formula is C13H14F4N2O. The first kappa shape index (κ1) is 14.7. The van der Waals surface area contributed by atoms with Crippen molar-refractivity contribution in [2.24, 2.45) is 5.92 Å². The number of halogens is 4. The van der Waals surface area contributed by atoms with E-state index in [1.807, 2.05) is 0 Å². The first-order chi connectivity index (χ1) is 9.39. The lowest BCUT2D eigenvalue weighted by atomic mass is 9.84. The highest BCUT2D eigenvalue weighted by Gasteiger charge is 2.46. The van der Waals surface area contributed by atoms with Crippen molar-refractivity contribution in [3.8, 4) is 0 Å². The molecule has 20 heavy (non-hydrogen) atoms. The molecule has 1 saturated carbocycles. The zero-order valence-electron chi connectivity index (χ0n) is 10.6. The van der Waals surface area contributed by atoms with E-state index in [1.165, 1.54) is 6.20 Å². The van der Waals surface area contributed by atoms with E-state index in [0.717, 1.165) is 12.3 Å². The summed E-state index contributed by atoms with van der Waals surface area (Å²) < 4.78 is 52.0. The molecule has 1 aliphatic rings. The summed E-state index contributed by atoms with van der Waals surface area (Å²) in [5.74, 6) is -3.24. The first-order valence-corrected chi connectivity index (χ1v) is 6.36. The van der Waals surface area contributed by atoms with Gasteiger partial charge in [0.05, 0.1) is 17.7 Å². The van der Waals surface area contributed by atoms with Gasteiger partial charge in [-0.25, -0.2) is 4.39 Å². The molecule has 1 aromatic rings. The van der Waals surface area contributed by atoms with Crippen LogP contribution in [0.5, 0.6) is 0 Å². The third kappa shape index (κ3) is 3.26. The van der Waals surface area contributed by atoms with Crippen LogP contribution in [0.3, 0.4) is 0 Å². The number of pyridine rings is 1. The van der Waals surface area contributed by atoms with Crippen LogP contribution in [0.15, 0.2) is 18.5 Å². The Morgan fingerprint density at radius 2 is 2.00 bits per heavy atom. The average Bonchev–Trinajstić information content (AvgIpc) is 2.38. The quantitative estimate of drug-likeness (QED) is 0.851. The van der Waals surface area contributed by atoms with Crippen molar-refractivity contribution >= 4 is 5.91 Å². The van der Waals surface area contributed by atoms with Gasteiger partial charge in [-0.05, 0) is 18.9 Å². The van der Waals surface area contributed by atoms with Crippen molar-refractivity contribution in [2.75, 3.05) is 0 Å². The second kappa shape index (κ2) is 5.76. The molecule has 1 heterocycles. The van der Waals surface area contributed by atoms with Crippen LogP contribution in [0, 0.1) is 11.7 Å².